The van der Waals surface area contributed by atoms with Crippen molar-refractivity contribution in [3.8, 4) is 0 Å². The molecule has 0 aliphatic carbocycles. The number of aryl methyl sites for hydroxylation is 1. The number of quaternary nitrogens is 1. The molecule has 0 fully saturated rings. The van der Waals surface area contributed by atoms with Crippen molar-refractivity contribution in [2.45, 2.75) is 20.3 Å². The maximum Gasteiger partial charge on any atom is 0.279 e. The summed E-state index contributed by atoms with van der Waals surface area (Å²) in [5, 5.41) is 2.85. The molecule has 0 saturated heterocycles. The zero-order valence-corrected chi connectivity index (χ0v) is 13.4. The summed E-state index contributed by atoms with van der Waals surface area (Å²) in [5.74, 6) is -0.519. The number of carbonyl (C=O) groups is 1. The lowest BCUT2D eigenvalue weighted by Gasteiger charge is -2.15. The van der Waals surface area contributed by atoms with Gasteiger partial charge in [-0.1, -0.05) is 12.1 Å². The highest BCUT2D eigenvalue weighted by Crippen LogP contribution is 2.17. The number of likely N-dealkylation sites (N-methyl/N-ethyl adjacent to an activating group) is 1. The van der Waals surface area contributed by atoms with Crippen LogP contribution in [0.4, 0.5) is 5.69 Å². The normalized spacial score (nSPS) is 13.0. The SMILES string of the molecule is Cc1cccc(NC(=O)C[NH+](C)CCCS(=O)(=O)[O-])c1C. The zero-order valence-electron chi connectivity index (χ0n) is 12.6. The standard InChI is InChI=1S/C14H22N2O4S/c1-11-6-4-7-13(12(11)2)15-14(17)10-16(3)8-5-9-21(18,19)20/h4,6-7H,5,8-10H2,1-3H3,(H,15,17)(H,18,19,20). The van der Waals surface area contributed by atoms with Crippen molar-refractivity contribution in [1.29, 1.82) is 0 Å². The summed E-state index contributed by atoms with van der Waals surface area (Å²) in [6.07, 6.45) is 0.258. The second-order valence-electron chi connectivity index (χ2n) is 5.29. The second kappa shape index (κ2) is 7.53. The van der Waals surface area contributed by atoms with Crippen molar-refractivity contribution in [2.24, 2.45) is 0 Å². The number of benzene rings is 1. The molecule has 21 heavy (non-hydrogen) atoms. The number of anilines is 1. The Labute approximate surface area is 125 Å². The molecule has 0 spiro atoms. The molecule has 1 atom stereocenters. The van der Waals surface area contributed by atoms with E-state index < -0.39 is 10.1 Å². The van der Waals surface area contributed by atoms with Crippen molar-refractivity contribution >= 4 is 21.7 Å². The molecule has 0 bridgehead atoms. The lowest BCUT2D eigenvalue weighted by Crippen LogP contribution is -3.10. The smallest absolute Gasteiger partial charge is 0.279 e. The van der Waals surface area contributed by atoms with Gasteiger partial charge in [0.2, 0.25) is 0 Å². The van der Waals surface area contributed by atoms with Gasteiger partial charge >= 0.3 is 0 Å². The number of amides is 1. The summed E-state index contributed by atoms with van der Waals surface area (Å²) in [4.78, 5) is 12.8. The first kappa shape index (κ1) is 17.6. The summed E-state index contributed by atoms with van der Waals surface area (Å²) in [6.45, 7) is 4.61. The maximum atomic E-state index is 11.9. The van der Waals surface area contributed by atoms with Crippen LogP contribution in [-0.2, 0) is 14.9 Å². The topological polar surface area (TPSA) is 90.7 Å². The summed E-state index contributed by atoms with van der Waals surface area (Å²) in [7, 11) is -2.38. The number of rotatable bonds is 7. The number of nitrogens with one attached hydrogen (secondary N) is 2. The molecule has 1 aromatic carbocycles. The van der Waals surface area contributed by atoms with Crippen LogP contribution in [0.2, 0.25) is 0 Å². The van der Waals surface area contributed by atoms with Crippen molar-refractivity contribution in [3.05, 3.63) is 29.3 Å². The lowest BCUT2D eigenvalue weighted by molar-refractivity contribution is -0.870. The van der Waals surface area contributed by atoms with Gasteiger partial charge in [0.15, 0.2) is 6.54 Å². The van der Waals surface area contributed by atoms with Crippen LogP contribution in [0.1, 0.15) is 17.5 Å². The molecule has 0 aliphatic heterocycles. The molecule has 0 heterocycles. The minimum absolute atomic E-state index is 0.133. The van der Waals surface area contributed by atoms with Gasteiger partial charge in [-0.05, 0) is 31.0 Å². The fourth-order valence-electron chi connectivity index (χ4n) is 1.99. The predicted molar refractivity (Wildman–Crippen MR) is 80.3 cm³/mol. The zero-order chi connectivity index (χ0) is 16.0. The first-order chi connectivity index (χ1) is 9.69. The highest BCUT2D eigenvalue weighted by molar-refractivity contribution is 7.85. The van der Waals surface area contributed by atoms with Gasteiger partial charge in [0.25, 0.3) is 5.91 Å². The Kier molecular flexibility index (Phi) is 6.32. The van der Waals surface area contributed by atoms with Crippen LogP contribution in [0.25, 0.3) is 0 Å². The Balaban J connectivity index is 2.44. The molecule has 1 amide bonds. The monoisotopic (exact) mass is 314 g/mol. The molecule has 2 N–H and O–H groups in total. The van der Waals surface area contributed by atoms with Crippen LogP contribution in [0, 0.1) is 13.8 Å². The Morgan fingerprint density at radius 3 is 2.62 bits per heavy atom. The molecule has 1 unspecified atom stereocenters. The van der Waals surface area contributed by atoms with Gasteiger partial charge < -0.3 is 14.8 Å². The van der Waals surface area contributed by atoms with E-state index in [0.29, 0.717) is 6.54 Å². The molecule has 6 nitrogen and oxygen atoms in total. The Bertz CT molecular complexity index is 599. The average Bonchev–Trinajstić information content (AvgIpc) is 2.33. The van der Waals surface area contributed by atoms with Crippen LogP contribution in [0.5, 0.6) is 0 Å². The molecule has 0 saturated carbocycles. The van der Waals surface area contributed by atoms with Gasteiger partial charge in [0.05, 0.1) is 23.7 Å². The van der Waals surface area contributed by atoms with Crippen molar-refractivity contribution in [3.63, 3.8) is 0 Å². The quantitative estimate of drug-likeness (QED) is 0.676. The maximum absolute atomic E-state index is 11.9. The van der Waals surface area contributed by atoms with Gasteiger partial charge in [-0.2, -0.15) is 0 Å². The van der Waals surface area contributed by atoms with Crippen LogP contribution >= 0.6 is 0 Å². The largest absolute Gasteiger partial charge is 0.748 e. The lowest BCUT2D eigenvalue weighted by atomic mass is 10.1. The highest BCUT2D eigenvalue weighted by atomic mass is 32.2. The van der Waals surface area contributed by atoms with E-state index in [0.717, 1.165) is 21.7 Å². The van der Waals surface area contributed by atoms with Crippen LogP contribution in [0.15, 0.2) is 18.2 Å². The third-order valence-electron chi connectivity index (χ3n) is 3.34. The van der Waals surface area contributed by atoms with E-state index in [9.17, 15) is 17.8 Å². The van der Waals surface area contributed by atoms with E-state index >= 15 is 0 Å². The van der Waals surface area contributed by atoms with Crippen molar-refractivity contribution in [2.75, 3.05) is 31.2 Å². The van der Waals surface area contributed by atoms with E-state index in [2.05, 4.69) is 5.32 Å². The van der Waals surface area contributed by atoms with Crippen LogP contribution in [0.3, 0.4) is 0 Å². The molecular weight excluding hydrogens is 292 g/mol. The molecule has 0 aliphatic rings. The van der Waals surface area contributed by atoms with Gasteiger partial charge in [0, 0.05) is 17.9 Å². The number of hydrogen-bond donors (Lipinski definition) is 2. The average molecular weight is 314 g/mol. The molecule has 118 valence electrons. The molecular formula is C14H22N2O4S. The molecule has 1 aromatic rings. The molecule has 0 aromatic heterocycles. The fraction of sp³-hybridized carbons (Fsp3) is 0.500. The van der Waals surface area contributed by atoms with Gasteiger partial charge in [-0.15, -0.1) is 0 Å². The van der Waals surface area contributed by atoms with Crippen LogP contribution in [-0.4, -0.2) is 44.8 Å². The number of carbonyl (C=O) groups excluding carboxylic acids is 1. The van der Waals surface area contributed by atoms with E-state index in [1.165, 1.54) is 0 Å². The minimum atomic E-state index is -4.17. The first-order valence-corrected chi connectivity index (χ1v) is 8.37. The molecule has 1 rings (SSSR count). The van der Waals surface area contributed by atoms with E-state index in [1.807, 2.05) is 32.0 Å². The Hall–Kier alpha value is -1.44. The van der Waals surface area contributed by atoms with Crippen LogP contribution < -0.4 is 10.2 Å². The second-order valence-corrected chi connectivity index (χ2v) is 6.82. The van der Waals surface area contributed by atoms with Crippen molar-refractivity contribution < 1.29 is 22.7 Å². The van der Waals surface area contributed by atoms with Gasteiger partial charge in [0.1, 0.15) is 0 Å². The Morgan fingerprint density at radius 2 is 2.00 bits per heavy atom. The summed E-state index contributed by atoms with van der Waals surface area (Å²) >= 11 is 0. The highest BCUT2D eigenvalue weighted by Gasteiger charge is 2.12. The molecule has 0 radical (unpaired) electrons. The Morgan fingerprint density at radius 1 is 1.33 bits per heavy atom. The predicted octanol–water partition coefficient (Wildman–Crippen LogP) is -0.308. The third-order valence-corrected chi connectivity index (χ3v) is 4.13. The van der Waals surface area contributed by atoms with Crippen molar-refractivity contribution in [1.82, 2.24) is 0 Å². The fourth-order valence-corrected chi connectivity index (χ4v) is 2.49. The summed E-state index contributed by atoms with van der Waals surface area (Å²) < 4.78 is 31.5. The minimum Gasteiger partial charge on any atom is -0.748 e. The van der Waals surface area contributed by atoms with Gasteiger partial charge in [-0.25, -0.2) is 8.42 Å². The van der Waals surface area contributed by atoms with E-state index in [4.69, 9.17) is 0 Å². The van der Waals surface area contributed by atoms with Gasteiger partial charge in [-0.3, -0.25) is 4.79 Å². The van der Waals surface area contributed by atoms with E-state index in [-0.39, 0.29) is 24.6 Å². The summed E-state index contributed by atoms with van der Waals surface area (Å²) in [6, 6.07) is 5.71. The summed E-state index contributed by atoms with van der Waals surface area (Å²) in [5.41, 5.74) is 2.92. The third kappa shape index (κ3) is 6.70. The number of hydrogen-bond acceptors (Lipinski definition) is 4. The first-order valence-electron chi connectivity index (χ1n) is 6.80. The van der Waals surface area contributed by atoms with E-state index in [1.54, 1.807) is 7.05 Å². The molecule has 7 heteroatoms.